The van der Waals surface area contributed by atoms with Crippen molar-refractivity contribution in [1.29, 1.82) is 0 Å². The molecule has 0 bridgehead atoms. The molecule has 0 aliphatic rings. The second-order valence-corrected chi connectivity index (χ2v) is 5.54. The monoisotopic (exact) mass is 386 g/mol. The fourth-order valence-electron chi connectivity index (χ4n) is 1.54. The molecule has 24 heavy (non-hydrogen) atoms. The van der Waals surface area contributed by atoms with Gasteiger partial charge in [-0.1, -0.05) is 23.2 Å². The van der Waals surface area contributed by atoms with Crippen LogP contribution in [0.4, 0.5) is 13.2 Å². The van der Waals surface area contributed by atoms with Gasteiger partial charge in [-0.3, -0.25) is 9.59 Å². The van der Waals surface area contributed by atoms with E-state index in [1.807, 2.05) is 0 Å². The molecule has 1 aromatic rings. The Morgan fingerprint density at radius 2 is 1.83 bits per heavy atom. The van der Waals surface area contributed by atoms with Crippen molar-refractivity contribution in [3.63, 3.8) is 0 Å². The van der Waals surface area contributed by atoms with Crippen molar-refractivity contribution in [2.75, 3.05) is 19.7 Å². The lowest BCUT2D eigenvalue weighted by atomic mass is 10.3. The first-order valence-corrected chi connectivity index (χ1v) is 7.61. The molecular weight excluding hydrogens is 372 g/mol. The minimum atomic E-state index is -4.49. The molecule has 0 saturated heterocycles. The average molecular weight is 387 g/mol. The van der Waals surface area contributed by atoms with Gasteiger partial charge in [0.25, 0.3) is 0 Å². The van der Waals surface area contributed by atoms with Crippen molar-refractivity contribution in [3.8, 4) is 5.75 Å². The van der Waals surface area contributed by atoms with Gasteiger partial charge in [-0.15, -0.1) is 0 Å². The van der Waals surface area contributed by atoms with Gasteiger partial charge in [0.1, 0.15) is 12.3 Å². The first-order chi connectivity index (χ1) is 11.2. The summed E-state index contributed by atoms with van der Waals surface area (Å²) in [4.78, 5) is 22.6. The SMILES string of the molecule is O=C(CCCOc1ccc(Cl)cc1Cl)NCC(=O)NCC(F)(F)F. The lowest BCUT2D eigenvalue weighted by molar-refractivity contribution is -0.138. The van der Waals surface area contributed by atoms with Gasteiger partial charge in [0.15, 0.2) is 0 Å². The summed E-state index contributed by atoms with van der Waals surface area (Å²) < 4.78 is 41.0. The van der Waals surface area contributed by atoms with Crippen LogP contribution < -0.4 is 15.4 Å². The largest absolute Gasteiger partial charge is 0.492 e. The van der Waals surface area contributed by atoms with Gasteiger partial charge in [0, 0.05) is 11.4 Å². The maximum Gasteiger partial charge on any atom is 0.405 e. The zero-order chi connectivity index (χ0) is 18.2. The molecule has 0 radical (unpaired) electrons. The Morgan fingerprint density at radius 1 is 1.12 bits per heavy atom. The fourth-order valence-corrected chi connectivity index (χ4v) is 2.00. The van der Waals surface area contributed by atoms with Gasteiger partial charge in [-0.25, -0.2) is 0 Å². The van der Waals surface area contributed by atoms with E-state index in [4.69, 9.17) is 27.9 Å². The zero-order valence-corrected chi connectivity index (χ0v) is 13.9. The number of halogens is 5. The number of nitrogens with one attached hydrogen (secondary N) is 2. The Kier molecular flexibility index (Phi) is 8.14. The molecule has 0 aliphatic heterocycles. The molecule has 0 aliphatic carbocycles. The third-order valence-electron chi connectivity index (χ3n) is 2.63. The number of ether oxygens (including phenoxy) is 1. The van der Waals surface area contributed by atoms with Crippen LogP contribution in [0.5, 0.6) is 5.75 Å². The third-order valence-corrected chi connectivity index (χ3v) is 3.16. The van der Waals surface area contributed by atoms with E-state index in [0.717, 1.165) is 0 Å². The highest BCUT2D eigenvalue weighted by molar-refractivity contribution is 6.35. The average Bonchev–Trinajstić information content (AvgIpc) is 2.48. The molecule has 10 heteroatoms. The molecule has 0 fully saturated rings. The number of alkyl halides is 3. The molecule has 0 spiro atoms. The van der Waals surface area contributed by atoms with E-state index in [1.165, 1.54) is 6.07 Å². The van der Waals surface area contributed by atoms with Gasteiger partial charge in [0.05, 0.1) is 18.2 Å². The van der Waals surface area contributed by atoms with E-state index in [2.05, 4.69) is 5.32 Å². The molecule has 1 rings (SSSR count). The number of carbonyl (C=O) groups is 2. The van der Waals surface area contributed by atoms with Crippen LogP contribution >= 0.6 is 23.2 Å². The first-order valence-electron chi connectivity index (χ1n) is 6.85. The maximum absolute atomic E-state index is 11.9. The number of amides is 2. The molecule has 1 aromatic carbocycles. The summed E-state index contributed by atoms with van der Waals surface area (Å²) >= 11 is 11.6. The predicted molar refractivity (Wildman–Crippen MR) is 83.3 cm³/mol. The Bertz CT molecular complexity index is 583. The van der Waals surface area contributed by atoms with Gasteiger partial charge >= 0.3 is 6.18 Å². The summed E-state index contributed by atoms with van der Waals surface area (Å²) in [6, 6.07) is 4.72. The second kappa shape index (κ2) is 9.58. The van der Waals surface area contributed by atoms with E-state index in [0.29, 0.717) is 22.2 Å². The van der Waals surface area contributed by atoms with Crippen molar-refractivity contribution < 1.29 is 27.5 Å². The summed E-state index contributed by atoms with van der Waals surface area (Å²) in [5.41, 5.74) is 0. The number of benzene rings is 1. The highest BCUT2D eigenvalue weighted by Crippen LogP contribution is 2.27. The van der Waals surface area contributed by atoms with Crippen molar-refractivity contribution in [3.05, 3.63) is 28.2 Å². The smallest absolute Gasteiger partial charge is 0.405 e. The molecular formula is C14H15Cl2F3N2O3. The maximum atomic E-state index is 11.9. The van der Waals surface area contributed by atoms with Crippen molar-refractivity contribution in [1.82, 2.24) is 10.6 Å². The minimum Gasteiger partial charge on any atom is -0.492 e. The lowest BCUT2D eigenvalue weighted by Gasteiger charge is -2.10. The van der Waals surface area contributed by atoms with Crippen LogP contribution in [0, 0.1) is 0 Å². The van der Waals surface area contributed by atoms with E-state index in [9.17, 15) is 22.8 Å². The molecule has 0 heterocycles. The van der Waals surface area contributed by atoms with E-state index < -0.39 is 31.1 Å². The standard InChI is InChI=1S/C14H15Cl2F3N2O3/c15-9-3-4-11(10(16)6-9)24-5-1-2-12(22)20-7-13(23)21-8-14(17,18)19/h3-4,6H,1-2,5,7-8H2,(H,20,22)(H,21,23). The van der Waals surface area contributed by atoms with E-state index in [-0.39, 0.29) is 13.0 Å². The molecule has 5 nitrogen and oxygen atoms in total. The summed E-state index contributed by atoms with van der Waals surface area (Å²) in [5.74, 6) is -0.958. The molecule has 0 unspecified atom stereocenters. The molecule has 0 aromatic heterocycles. The summed E-state index contributed by atoms with van der Waals surface area (Å²) in [6.45, 7) is -1.74. The Balaban J connectivity index is 2.17. The van der Waals surface area contributed by atoms with Crippen LogP contribution in [-0.4, -0.2) is 37.7 Å². The third kappa shape index (κ3) is 8.83. The van der Waals surface area contributed by atoms with Crippen LogP contribution in [0.2, 0.25) is 10.0 Å². The van der Waals surface area contributed by atoms with Gasteiger partial charge in [0.2, 0.25) is 11.8 Å². The lowest BCUT2D eigenvalue weighted by Crippen LogP contribution is -2.40. The highest BCUT2D eigenvalue weighted by Gasteiger charge is 2.27. The Labute approximate surface area is 146 Å². The Hall–Kier alpha value is -1.67. The van der Waals surface area contributed by atoms with Gasteiger partial charge < -0.3 is 15.4 Å². The molecule has 134 valence electrons. The summed E-state index contributed by atoms with van der Waals surface area (Å²) in [5, 5.41) is 4.68. The summed E-state index contributed by atoms with van der Waals surface area (Å²) in [7, 11) is 0. The predicted octanol–water partition coefficient (Wildman–Crippen LogP) is 2.95. The number of hydrogen-bond donors (Lipinski definition) is 2. The number of carbonyl (C=O) groups excluding carboxylic acids is 2. The van der Waals surface area contributed by atoms with Crippen LogP contribution in [0.15, 0.2) is 18.2 Å². The minimum absolute atomic E-state index is 0.0533. The zero-order valence-electron chi connectivity index (χ0n) is 12.4. The first kappa shape index (κ1) is 20.4. The Morgan fingerprint density at radius 3 is 2.46 bits per heavy atom. The second-order valence-electron chi connectivity index (χ2n) is 4.70. The summed E-state index contributed by atoms with van der Waals surface area (Å²) in [6.07, 6.45) is -4.09. The molecule has 0 atom stereocenters. The normalized spacial score (nSPS) is 11.0. The van der Waals surface area contributed by atoms with Crippen LogP contribution in [0.3, 0.4) is 0 Å². The van der Waals surface area contributed by atoms with Crippen molar-refractivity contribution >= 4 is 35.0 Å². The molecule has 2 amide bonds. The quantitative estimate of drug-likeness (QED) is 0.675. The van der Waals surface area contributed by atoms with Crippen LogP contribution in [-0.2, 0) is 9.59 Å². The van der Waals surface area contributed by atoms with Gasteiger partial charge in [-0.2, -0.15) is 13.2 Å². The highest BCUT2D eigenvalue weighted by atomic mass is 35.5. The van der Waals surface area contributed by atoms with Crippen molar-refractivity contribution in [2.24, 2.45) is 0 Å². The van der Waals surface area contributed by atoms with Crippen molar-refractivity contribution in [2.45, 2.75) is 19.0 Å². The van der Waals surface area contributed by atoms with Crippen LogP contribution in [0.1, 0.15) is 12.8 Å². The van der Waals surface area contributed by atoms with Gasteiger partial charge in [-0.05, 0) is 24.6 Å². The topological polar surface area (TPSA) is 67.4 Å². The number of hydrogen-bond acceptors (Lipinski definition) is 3. The fraction of sp³-hybridized carbons (Fsp3) is 0.429. The van der Waals surface area contributed by atoms with E-state index >= 15 is 0 Å². The van der Waals surface area contributed by atoms with Crippen LogP contribution in [0.25, 0.3) is 0 Å². The molecule has 0 saturated carbocycles. The van der Waals surface area contributed by atoms with E-state index in [1.54, 1.807) is 17.4 Å². The number of rotatable bonds is 8. The molecule has 2 N–H and O–H groups in total.